The average Bonchev–Trinajstić information content (AvgIpc) is 3.23. The molecule has 0 radical (unpaired) electrons. The van der Waals surface area contributed by atoms with Crippen LogP contribution in [0.1, 0.15) is 43.6 Å². The van der Waals surface area contributed by atoms with E-state index in [1.807, 2.05) is 0 Å². The van der Waals surface area contributed by atoms with Gasteiger partial charge in [-0.1, -0.05) is 12.1 Å². The Balaban J connectivity index is 1.91. The first kappa shape index (κ1) is 9.66. The van der Waals surface area contributed by atoms with Crippen molar-refractivity contribution in [3.05, 3.63) is 30.1 Å². The van der Waals surface area contributed by atoms with Crippen molar-refractivity contribution in [2.24, 2.45) is 11.7 Å². The first-order valence-corrected chi connectivity index (χ1v) is 6.57. The molecule has 17 heavy (non-hydrogen) atoms. The summed E-state index contributed by atoms with van der Waals surface area (Å²) in [7, 11) is 0. The number of nitrogens with two attached hydrogens (primary N) is 1. The van der Waals surface area contributed by atoms with Crippen molar-refractivity contribution in [3.8, 4) is 0 Å². The van der Waals surface area contributed by atoms with Gasteiger partial charge in [0, 0.05) is 6.04 Å². The zero-order valence-corrected chi connectivity index (χ0v) is 9.84. The summed E-state index contributed by atoms with van der Waals surface area (Å²) in [6.45, 7) is 0. The summed E-state index contributed by atoms with van der Waals surface area (Å²) in [6.07, 6.45) is 5.11. The molecule has 4 rings (SSSR count). The standard InChI is InChI=1S/C14H17N3/c15-13(9-5-6-9)14-16-11-3-1-2-4-12(11)17(14)10-7-8-10/h1-4,9-10,13H,5-8,15H2. The third kappa shape index (κ3) is 1.49. The highest BCUT2D eigenvalue weighted by Gasteiger charge is 2.36. The van der Waals surface area contributed by atoms with E-state index in [2.05, 4.69) is 28.8 Å². The van der Waals surface area contributed by atoms with Crippen molar-refractivity contribution < 1.29 is 0 Å². The molecule has 2 aliphatic carbocycles. The number of rotatable bonds is 3. The Bertz CT molecular complexity index is 564. The van der Waals surface area contributed by atoms with Crippen LogP contribution in [0.4, 0.5) is 0 Å². The molecule has 2 aliphatic rings. The second-order valence-corrected chi connectivity index (χ2v) is 5.42. The van der Waals surface area contributed by atoms with E-state index in [9.17, 15) is 0 Å². The van der Waals surface area contributed by atoms with Crippen LogP contribution in [0.25, 0.3) is 11.0 Å². The second-order valence-electron chi connectivity index (χ2n) is 5.42. The second kappa shape index (κ2) is 3.33. The Hall–Kier alpha value is -1.35. The van der Waals surface area contributed by atoms with Gasteiger partial charge in [0.25, 0.3) is 0 Å². The van der Waals surface area contributed by atoms with Gasteiger partial charge in [0.15, 0.2) is 0 Å². The summed E-state index contributed by atoms with van der Waals surface area (Å²) in [6, 6.07) is 9.21. The molecule has 88 valence electrons. The zero-order valence-electron chi connectivity index (χ0n) is 9.84. The topological polar surface area (TPSA) is 43.8 Å². The molecule has 2 fully saturated rings. The van der Waals surface area contributed by atoms with E-state index in [4.69, 9.17) is 10.7 Å². The summed E-state index contributed by atoms with van der Waals surface area (Å²) < 4.78 is 2.40. The summed E-state index contributed by atoms with van der Waals surface area (Å²) in [4.78, 5) is 4.77. The van der Waals surface area contributed by atoms with Gasteiger partial charge in [-0.05, 0) is 43.7 Å². The molecule has 0 aliphatic heterocycles. The van der Waals surface area contributed by atoms with E-state index in [-0.39, 0.29) is 6.04 Å². The third-order valence-electron chi connectivity index (χ3n) is 3.96. The van der Waals surface area contributed by atoms with Gasteiger partial charge in [-0.3, -0.25) is 0 Å². The highest BCUT2D eigenvalue weighted by molar-refractivity contribution is 5.76. The van der Waals surface area contributed by atoms with Gasteiger partial charge in [0.2, 0.25) is 0 Å². The Kier molecular flexibility index (Phi) is 1.89. The van der Waals surface area contributed by atoms with E-state index in [0.717, 1.165) is 11.3 Å². The molecule has 0 spiro atoms. The Labute approximate surface area is 101 Å². The molecule has 0 bridgehead atoms. The number of imidazole rings is 1. The van der Waals surface area contributed by atoms with Crippen LogP contribution in [-0.2, 0) is 0 Å². The molecule has 1 unspecified atom stereocenters. The van der Waals surface area contributed by atoms with E-state index in [1.165, 1.54) is 31.2 Å². The molecule has 1 aromatic carbocycles. The van der Waals surface area contributed by atoms with Crippen LogP contribution in [0.15, 0.2) is 24.3 Å². The van der Waals surface area contributed by atoms with Crippen molar-refractivity contribution in [3.63, 3.8) is 0 Å². The van der Waals surface area contributed by atoms with E-state index >= 15 is 0 Å². The maximum absolute atomic E-state index is 6.35. The van der Waals surface area contributed by atoms with Gasteiger partial charge >= 0.3 is 0 Å². The number of para-hydroxylation sites is 2. The van der Waals surface area contributed by atoms with Crippen LogP contribution in [0.3, 0.4) is 0 Å². The molecular weight excluding hydrogens is 210 g/mol. The van der Waals surface area contributed by atoms with Crippen molar-refractivity contribution in [2.45, 2.75) is 37.8 Å². The minimum Gasteiger partial charge on any atom is -0.324 e. The number of hydrogen-bond acceptors (Lipinski definition) is 2. The smallest absolute Gasteiger partial charge is 0.127 e. The lowest BCUT2D eigenvalue weighted by molar-refractivity contribution is 0.552. The normalized spacial score (nSPS) is 21.9. The molecule has 2 saturated carbocycles. The number of nitrogens with zero attached hydrogens (tertiary/aromatic N) is 2. The minimum atomic E-state index is 0.142. The van der Waals surface area contributed by atoms with Crippen LogP contribution in [0, 0.1) is 5.92 Å². The third-order valence-corrected chi connectivity index (χ3v) is 3.96. The Morgan fingerprint density at radius 1 is 1.18 bits per heavy atom. The molecule has 3 heteroatoms. The molecule has 1 atom stereocenters. The van der Waals surface area contributed by atoms with Crippen LogP contribution >= 0.6 is 0 Å². The fraction of sp³-hybridized carbons (Fsp3) is 0.500. The fourth-order valence-corrected chi connectivity index (χ4v) is 2.68. The van der Waals surface area contributed by atoms with Crippen molar-refractivity contribution >= 4 is 11.0 Å². The fourth-order valence-electron chi connectivity index (χ4n) is 2.68. The van der Waals surface area contributed by atoms with E-state index < -0.39 is 0 Å². The minimum absolute atomic E-state index is 0.142. The molecule has 3 nitrogen and oxygen atoms in total. The predicted octanol–water partition coefficient (Wildman–Crippen LogP) is 2.78. The largest absolute Gasteiger partial charge is 0.324 e. The maximum Gasteiger partial charge on any atom is 0.127 e. The summed E-state index contributed by atoms with van der Waals surface area (Å²) >= 11 is 0. The monoisotopic (exact) mass is 227 g/mol. The first-order chi connectivity index (χ1) is 8.34. The average molecular weight is 227 g/mol. The van der Waals surface area contributed by atoms with E-state index in [0.29, 0.717) is 12.0 Å². The Morgan fingerprint density at radius 3 is 2.65 bits per heavy atom. The SMILES string of the molecule is NC(c1nc2ccccc2n1C1CC1)C1CC1. The van der Waals surface area contributed by atoms with Gasteiger partial charge in [-0.15, -0.1) is 0 Å². The van der Waals surface area contributed by atoms with Crippen LogP contribution < -0.4 is 5.73 Å². The van der Waals surface area contributed by atoms with E-state index in [1.54, 1.807) is 0 Å². The number of fused-ring (bicyclic) bond motifs is 1. The molecular formula is C14H17N3. The number of hydrogen-bond donors (Lipinski definition) is 1. The molecule has 2 N–H and O–H groups in total. The summed E-state index contributed by atoms with van der Waals surface area (Å²) in [5.74, 6) is 1.79. The number of benzene rings is 1. The van der Waals surface area contributed by atoms with Gasteiger partial charge < -0.3 is 10.3 Å². The summed E-state index contributed by atoms with van der Waals surface area (Å²) in [5.41, 5.74) is 8.71. The summed E-state index contributed by atoms with van der Waals surface area (Å²) in [5, 5.41) is 0. The van der Waals surface area contributed by atoms with Crippen LogP contribution in [-0.4, -0.2) is 9.55 Å². The molecule has 1 heterocycles. The number of aromatic nitrogens is 2. The highest BCUT2D eigenvalue weighted by atomic mass is 15.1. The molecule has 1 aromatic heterocycles. The lowest BCUT2D eigenvalue weighted by Crippen LogP contribution is -2.18. The zero-order chi connectivity index (χ0) is 11.4. The Morgan fingerprint density at radius 2 is 1.94 bits per heavy atom. The lowest BCUT2D eigenvalue weighted by atomic mass is 10.2. The van der Waals surface area contributed by atoms with Crippen molar-refractivity contribution in [1.82, 2.24) is 9.55 Å². The molecule has 0 amide bonds. The van der Waals surface area contributed by atoms with Crippen LogP contribution in [0.2, 0.25) is 0 Å². The van der Waals surface area contributed by atoms with Crippen molar-refractivity contribution in [1.29, 1.82) is 0 Å². The molecule has 0 saturated heterocycles. The lowest BCUT2D eigenvalue weighted by Gasteiger charge is -2.13. The van der Waals surface area contributed by atoms with Gasteiger partial charge in [0.1, 0.15) is 5.82 Å². The van der Waals surface area contributed by atoms with Gasteiger partial charge in [-0.25, -0.2) is 4.98 Å². The van der Waals surface area contributed by atoms with Crippen molar-refractivity contribution in [2.75, 3.05) is 0 Å². The van der Waals surface area contributed by atoms with Gasteiger partial charge in [-0.2, -0.15) is 0 Å². The molecule has 2 aromatic rings. The highest BCUT2D eigenvalue weighted by Crippen LogP contribution is 2.44. The predicted molar refractivity (Wildman–Crippen MR) is 67.7 cm³/mol. The van der Waals surface area contributed by atoms with Gasteiger partial charge in [0.05, 0.1) is 17.1 Å². The first-order valence-electron chi connectivity index (χ1n) is 6.57. The quantitative estimate of drug-likeness (QED) is 0.876. The van der Waals surface area contributed by atoms with Crippen LogP contribution in [0.5, 0.6) is 0 Å². The maximum atomic E-state index is 6.35.